The second-order valence-electron chi connectivity index (χ2n) is 10.7. The Morgan fingerprint density at radius 3 is 1.82 bits per heavy atom. The average Bonchev–Trinajstić information content (AvgIpc) is 3.13. The predicted octanol–water partition coefficient (Wildman–Crippen LogP) is 12.8. The Balaban J connectivity index is 0.000000309. The summed E-state index contributed by atoms with van der Waals surface area (Å²) in [6.07, 6.45) is -1.34. The lowest BCUT2D eigenvalue weighted by Gasteiger charge is -2.31. The number of likely N-dealkylation sites (tertiary alicyclic amines) is 1. The van der Waals surface area contributed by atoms with Crippen LogP contribution in [-0.4, -0.2) is 36.1 Å². The molecule has 1 aliphatic rings. The fourth-order valence-corrected chi connectivity index (χ4v) is 5.32. The van der Waals surface area contributed by atoms with Gasteiger partial charge in [-0.3, -0.25) is 4.79 Å². The molecule has 0 spiro atoms. The topological polar surface area (TPSA) is 29.5 Å². The Hall–Kier alpha value is -4.00. The summed E-state index contributed by atoms with van der Waals surface area (Å²) in [4.78, 5) is 15.0. The van der Waals surface area contributed by atoms with Crippen LogP contribution in [-0.2, 0) is 0 Å². The van der Waals surface area contributed by atoms with E-state index < -0.39 is 12.3 Å². The van der Waals surface area contributed by atoms with E-state index in [4.69, 9.17) is 27.9 Å². The van der Waals surface area contributed by atoms with Crippen molar-refractivity contribution in [2.75, 3.05) is 13.1 Å². The van der Waals surface area contributed by atoms with Crippen molar-refractivity contribution < 1.29 is 22.7 Å². The van der Waals surface area contributed by atoms with Gasteiger partial charge in [-0.2, -0.15) is 13.2 Å². The Morgan fingerprint density at radius 1 is 0.776 bits per heavy atom. The van der Waals surface area contributed by atoms with Gasteiger partial charge in [-0.1, -0.05) is 148 Å². The first kappa shape index (κ1) is 41.2. The third-order valence-electron chi connectivity index (χ3n) is 7.27. The van der Waals surface area contributed by atoms with Gasteiger partial charge in [0.25, 0.3) is 0 Å². The smallest absolute Gasteiger partial charge is 0.429 e. The van der Waals surface area contributed by atoms with Crippen LogP contribution in [0.15, 0.2) is 116 Å². The van der Waals surface area contributed by atoms with Crippen LogP contribution in [0.1, 0.15) is 74.0 Å². The van der Waals surface area contributed by atoms with Crippen molar-refractivity contribution in [2.45, 2.75) is 66.2 Å². The lowest BCUT2D eigenvalue weighted by Crippen LogP contribution is -2.35. The van der Waals surface area contributed by atoms with E-state index in [0.717, 1.165) is 29.9 Å². The lowest BCUT2D eigenvalue weighted by molar-refractivity contribution is -0.176. The van der Waals surface area contributed by atoms with Gasteiger partial charge in [-0.05, 0) is 55.5 Å². The zero-order valence-electron chi connectivity index (χ0n) is 28.9. The monoisotopic (exact) mass is 711 g/mol. The molecule has 4 aromatic rings. The van der Waals surface area contributed by atoms with Crippen molar-refractivity contribution >= 4 is 40.3 Å². The third-order valence-corrected chi connectivity index (χ3v) is 7.80. The molecule has 1 heterocycles. The Labute approximate surface area is 300 Å². The van der Waals surface area contributed by atoms with E-state index in [1.54, 1.807) is 18.2 Å². The molecule has 0 aromatic heterocycles. The number of hydrogen-bond acceptors (Lipinski definition) is 3. The number of piperidine rings is 1. The fraction of sp³-hybridized carbons (Fsp3) is 0.293. The van der Waals surface area contributed by atoms with Crippen LogP contribution >= 0.6 is 23.2 Å². The van der Waals surface area contributed by atoms with E-state index in [9.17, 15) is 18.0 Å². The molecular weight excluding hydrogens is 666 g/mol. The maximum atomic E-state index is 13.3. The van der Waals surface area contributed by atoms with Gasteiger partial charge in [-0.25, -0.2) is 0 Å². The van der Waals surface area contributed by atoms with Gasteiger partial charge in [0.05, 0.1) is 5.02 Å². The third kappa shape index (κ3) is 13.1. The zero-order chi connectivity index (χ0) is 36.4. The van der Waals surface area contributed by atoms with E-state index in [2.05, 4.69) is 23.6 Å². The van der Waals surface area contributed by atoms with E-state index in [1.807, 2.05) is 83.2 Å². The summed E-state index contributed by atoms with van der Waals surface area (Å²) in [7, 11) is 0. The summed E-state index contributed by atoms with van der Waals surface area (Å²) < 4.78 is 45.0. The number of benzene rings is 4. The number of carbonyl (C=O) groups excluding carboxylic acids is 1. The number of rotatable bonds is 8. The van der Waals surface area contributed by atoms with Gasteiger partial charge >= 0.3 is 6.18 Å². The van der Waals surface area contributed by atoms with Crippen molar-refractivity contribution in [1.29, 1.82) is 0 Å². The minimum absolute atomic E-state index is 0.00242. The fourth-order valence-electron chi connectivity index (χ4n) is 4.86. The van der Waals surface area contributed by atoms with Gasteiger partial charge in [0.15, 0.2) is 5.78 Å². The van der Waals surface area contributed by atoms with Gasteiger partial charge in [0.2, 0.25) is 6.10 Å². The predicted molar refractivity (Wildman–Crippen MR) is 200 cm³/mol. The first-order chi connectivity index (χ1) is 23.5. The molecule has 1 fully saturated rings. The van der Waals surface area contributed by atoms with Crippen molar-refractivity contribution in [3.05, 3.63) is 148 Å². The quantitative estimate of drug-likeness (QED) is 0.135. The molecule has 1 aliphatic heterocycles. The highest BCUT2D eigenvalue weighted by molar-refractivity contribution is 6.35. The molecule has 0 N–H and O–H groups in total. The molecule has 262 valence electrons. The summed E-state index contributed by atoms with van der Waals surface area (Å²) in [5, 5.41) is 0.311. The highest BCUT2D eigenvalue weighted by Crippen LogP contribution is 2.37. The maximum Gasteiger partial charge on any atom is 0.429 e. The standard InChI is InChI=1S/C21H23NO.C16H11Cl2F3O.2C2H6/c1-17-10-12-19(13-11-17)21(23)16-20(18-8-4-2-5-9-18)22-14-6-3-7-15-22;1-10(11-5-3-2-4-6-11)15(16(19,20)21)22-14-8-7-12(17)9-13(14)18;2*1-2/h2,4-5,8-13,16H,3,6-7,14-15H2,1H3;2-9,15H,1H2;2*1-2H3/b20-16+;;;. The number of allylic oxidation sites excluding steroid dienone is 1. The molecule has 1 saturated heterocycles. The Kier molecular flexibility index (Phi) is 17.8. The molecule has 3 nitrogen and oxygen atoms in total. The van der Waals surface area contributed by atoms with Crippen LogP contribution in [0.5, 0.6) is 5.75 Å². The second kappa shape index (κ2) is 21.2. The Bertz CT molecular complexity index is 1600. The van der Waals surface area contributed by atoms with Crippen LogP contribution in [0.25, 0.3) is 11.3 Å². The number of ketones is 1. The van der Waals surface area contributed by atoms with Gasteiger partial charge in [-0.15, -0.1) is 0 Å². The van der Waals surface area contributed by atoms with Crippen molar-refractivity contribution in [3.8, 4) is 5.75 Å². The van der Waals surface area contributed by atoms with E-state index >= 15 is 0 Å². The van der Waals surface area contributed by atoms with Crippen LogP contribution in [0, 0.1) is 6.92 Å². The molecule has 0 amide bonds. The highest BCUT2D eigenvalue weighted by atomic mass is 35.5. The molecule has 5 rings (SSSR count). The van der Waals surface area contributed by atoms with Crippen LogP contribution < -0.4 is 4.74 Å². The number of ether oxygens (including phenoxy) is 1. The molecule has 0 radical (unpaired) electrons. The number of hydrogen-bond donors (Lipinski definition) is 0. The number of nitrogens with zero attached hydrogens (tertiary/aromatic N) is 1. The number of aryl methyl sites for hydroxylation is 1. The average molecular weight is 713 g/mol. The van der Waals surface area contributed by atoms with Crippen molar-refractivity contribution in [2.24, 2.45) is 0 Å². The van der Waals surface area contributed by atoms with Gasteiger partial charge in [0, 0.05) is 41.0 Å². The maximum absolute atomic E-state index is 13.3. The molecule has 0 bridgehead atoms. The Morgan fingerprint density at radius 2 is 1.31 bits per heavy atom. The zero-order valence-corrected chi connectivity index (χ0v) is 30.4. The molecule has 1 atom stereocenters. The first-order valence-electron chi connectivity index (χ1n) is 16.6. The number of halogens is 5. The molecular formula is C41H46Cl2F3NO2. The molecule has 8 heteroatoms. The lowest BCUT2D eigenvalue weighted by atomic mass is 10.0. The van der Waals surface area contributed by atoms with Gasteiger partial charge in [0.1, 0.15) is 5.75 Å². The number of carbonyl (C=O) groups is 1. The van der Waals surface area contributed by atoms with Crippen LogP contribution in [0.2, 0.25) is 10.0 Å². The van der Waals surface area contributed by atoms with Crippen molar-refractivity contribution in [1.82, 2.24) is 4.90 Å². The summed E-state index contributed by atoms with van der Waals surface area (Å²) in [6.45, 7) is 15.6. The normalized spacial score (nSPS) is 13.3. The molecule has 0 saturated carbocycles. The minimum atomic E-state index is -4.63. The summed E-state index contributed by atoms with van der Waals surface area (Å²) in [6, 6.07) is 30.1. The summed E-state index contributed by atoms with van der Waals surface area (Å²) >= 11 is 11.6. The molecule has 4 aromatic carbocycles. The van der Waals surface area contributed by atoms with E-state index in [-0.39, 0.29) is 22.1 Å². The largest absolute Gasteiger partial charge is 0.475 e. The van der Waals surface area contributed by atoms with E-state index in [0.29, 0.717) is 10.6 Å². The van der Waals surface area contributed by atoms with Crippen LogP contribution in [0.4, 0.5) is 13.2 Å². The van der Waals surface area contributed by atoms with Crippen LogP contribution in [0.3, 0.4) is 0 Å². The van der Waals surface area contributed by atoms with E-state index in [1.165, 1.54) is 55.2 Å². The number of alkyl halides is 3. The second-order valence-corrected chi connectivity index (χ2v) is 11.5. The molecule has 49 heavy (non-hydrogen) atoms. The molecule has 0 aliphatic carbocycles. The summed E-state index contributed by atoms with van der Waals surface area (Å²) in [5.41, 5.74) is 4.24. The van der Waals surface area contributed by atoms with Crippen molar-refractivity contribution in [3.63, 3.8) is 0 Å². The minimum Gasteiger partial charge on any atom is -0.475 e. The van der Waals surface area contributed by atoms with Gasteiger partial charge < -0.3 is 9.64 Å². The molecule has 1 unspecified atom stereocenters. The summed E-state index contributed by atoms with van der Waals surface area (Å²) in [5.74, 6) is -0.0279. The highest BCUT2D eigenvalue weighted by Gasteiger charge is 2.44. The SMILES string of the molecule is C=C(c1ccccc1)C(Oc1ccc(Cl)cc1Cl)C(F)(F)F.CC.CC.Cc1ccc(C(=O)/C=C(\c2ccccc2)N2CCCCC2)cc1. The first-order valence-corrected chi connectivity index (χ1v) is 17.3.